The molecule has 1 amide bonds. The number of hydrogen-bond donors (Lipinski definition) is 1. The van der Waals surface area contributed by atoms with E-state index < -0.39 is 5.97 Å². The Bertz CT molecular complexity index is 292. The highest BCUT2D eigenvalue weighted by atomic mass is 32.2. The molecule has 1 N–H and O–H groups in total. The van der Waals surface area contributed by atoms with E-state index in [1.54, 1.807) is 16.7 Å². The first kappa shape index (κ1) is 15.3. The van der Waals surface area contributed by atoms with E-state index in [2.05, 4.69) is 13.8 Å². The van der Waals surface area contributed by atoms with E-state index in [-0.39, 0.29) is 18.4 Å². The lowest BCUT2D eigenvalue weighted by atomic mass is 9.98. The Kier molecular flexibility index (Phi) is 6.54. The molecule has 0 saturated carbocycles. The Balaban J connectivity index is 2.59. The van der Waals surface area contributed by atoms with E-state index in [1.807, 2.05) is 0 Å². The van der Waals surface area contributed by atoms with Crippen LogP contribution >= 0.6 is 11.8 Å². The summed E-state index contributed by atoms with van der Waals surface area (Å²) < 4.78 is 0. The molecule has 0 bridgehead atoms. The van der Waals surface area contributed by atoms with Gasteiger partial charge < -0.3 is 10.0 Å². The van der Waals surface area contributed by atoms with Crippen LogP contribution < -0.4 is 0 Å². The van der Waals surface area contributed by atoms with Crippen molar-refractivity contribution in [3.05, 3.63) is 0 Å². The predicted octanol–water partition coefficient (Wildman–Crippen LogP) is 2.23. The van der Waals surface area contributed by atoms with Gasteiger partial charge in [0.05, 0.1) is 12.5 Å². The summed E-state index contributed by atoms with van der Waals surface area (Å²) >= 11 is 1.74. The monoisotopic (exact) mass is 273 g/mol. The first-order chi connectivity index (χ1) is 8.58. The summed E-state index contributed by atoms with van der Waals surface area (Å²) in [6.45, 7) is 4.89. The van der Waals surface area contributed by atoms with Gasteiger partial charge in [0.25, 0.3) is 0 Å². The van der Waals surface area contributed by atoms with E-state index >= 15 is 0 Å². The maximum atomic E-state index is 12.2. The molecular weight excluding hydrogens is 250 g/mol. The molecule has 1 aliphatic rings. The minimum atomic E-state index is -0.817. The van der Waals surface area contributed by atoms with Crippen LogP contribution in [-0.4, -0.2) is 46.0 Å². The average Bonchev–Trinajstić information content (AvgIpc) is 2.35. The number of carboxylic acid groups (broad SMARTS) is 1. The Hall–Kier alpha value is -0.710. The molecular formula is C13H23NO3S. The molecule has 104 valence electrons. The van der Waals surface area contributed by atoms with Gasteiger partial charge in [-0.2, -0.15) is 11.8 Å². The lowest BCUT2D eigenvalue weighted by Gasteiger charge is -2.35. The van der Waals surface area contributed by atoms with Gasteiger partial charge in [-0.3, -0.25) is 9.59 Å². The van der Waals surface area contributed by atoms with Crippen molar-refractivity contribution in [2.45, 2.75) is 45.6 Å². The van der Waals surface area contributed by atoms with Crippen molar-refractivity contribution in [1.82, 2.24) is 4.90 Å². The molecule has 4 nitrogen and oxygen atoms in total. The van der Waals surface area contributed by atoms with E-state index in [9.17, 15) is 9.59 Å². The number of carbonyl (C=O) groups is 2. The second kappa shape index (κ2) is 7.67. The fourth-order valence-corrected chi connectivity index (χ4v) is 3.36. The molecule has 0 spiro atoms. The summed E-state index contributed by atoms with van der Waals surface area (Å²) in [5.74, 6) is 1.42. The number of nitrogens with zero attached hydrogens (tertiary/aromatic N) is 1. The third-order valence-corrected chi connectivity index (χ3v) is 4.67. The van der Waals surface area contributed by atoms with Gasteiger partial charge in [0, 0.05) is 24.5 Å². The molecule has 1 saturated heterocycles. The molecule has 18 heavy (non-hydrogen) atoms. The first-order valence-electron chi connectivity index (χ1n) is 6.67. The predicted molar refractivity (Wildman–Crippen MR) is 73.8 cm³/mol. The summed E-state index contributed by atoms with van der Waals surface area (Å²) in [4.78, 5) is 24.9. The lowest BCUT2D eigenvalue weighted by molar-refractivity contribution is -0.140. The van der Waals surface area contributed by atoms with Crippen molar-refractivity contribution in [3.8, 4) is 0 Å². The fraction of sp³-hybridized carbons (Fsp3) is 0.846. The molecule has 0 aromatic heterocycles. The van der Waals surface area contributed by atoms with Gasteiger partial charge in [-0.25, -0.2) is 0 Å². The quantitative estimate of drug-likeness (QED) is 0.806. The van der Waals surface area contributed by atoms with Crippen LogP contribution in [0.2, 0.25) is 0 Å². The number of thioether (sulfide) groups is 1. The zero-order chi connectivity index (χ0) is 13.5. The number of carboxylic acids is 1. The van der Waals surface area contributed by atoms with Crippen LogP contribution in [0.4, 0.5) is 0 Å². The normalized spacial score (nSPS) is 20.2. The van der Waals surface area contributed by atoms with Crippen LogP contribution in [0, 0.1) is 5.92 Å². The third-order valence-electron chi connectivity index (χ3n) is 3.58. The molecule has 0 aromatic carbocycles. The Morgan fingerprint density at radius 3 is 2.61 bits per heavy atom. The molecule has 1 rings (SSSR count). The van der Waals surface area contributed by atoms with Crippen molar-refractivity contribution in [2.24, 2.45) is 5.92 Å². The SMILES string of the molecule is CCC(CC)CC(=O)N1CCSCC1CC(=O)O. The second-order valence-corrected chi connectivity index (χ2v) is 5.95. The van der Waals surface area contributed by atoms with Gasteiger partial charge in [0.15, 0.2) is 0 Å². The number of aliphatic carboxylic acids is 1. The highest BCUT2D eigenvalue weighted by Crippen LogP contribution is 2.22. The molecule has 0 aliphatic carbocycles. The zero-order valence-corrected chi connectivity index (χ0v) is 12.0. The molecule has 0 aromatic rings. The highest BCUT2D eigenvalue weighted by molar-refractivity contribution is 7.99. The first-order valence-corrected chi connectivity index (χ1v) is 7.82. The molecule has 1 heterocycles. The summed E-state index contributed by atoms with van der Waals surface area (Å²) in [6.07, 6.45) is 2.65. The smallest absolute Gasteiger partial charge is 0.305 e. The maximum absolute atomic E-state index is 12.2. The second-order valence-electron chi connectivity index (χ2n) is 4.80. The molecule has 1 atom stereocenters. The van der Waals surface area contributed by atoms with Gasteiger partial charge in [0.1, 0.15) is 0 Å². The minimum absolute atomic E-state index is 0.0711. The zero-order valence-electron chi connectivity index (χ0n) is 11.2. The largest absolute Gasteiger partial charge is 0.481 e. The molecule has 5 heteroatoms. The van der Waals surface area contributed by atoms with E-state index in [0.717, 1.165) is 24.3 Å². The number of carbonyl (C=O) groups excluding carboxylic acids is 1. The van der Waals surface area contributed by atoms with Crippen LogP contribution in [0.5, 0.6) is 0 Å². The number of hydrogen-bond acceptors (Lipinski definition) is 3. The summed E-state index contributed by atoms with van der Waals surface area (Å²) in [5.41, 5.74) is 0. The average molecular weight is 273 g/mol. The van der Waals surface area contributed by atoms with Gasteiger partial charge in [-0.1, -0.05) is 26.7 Å². The van der Waals surface area contributed by atoms with Crippen molar-refractivity contribution in [2.75, 3.05) is 18.1 Å². The van der Waals surface area contributed by atoms with Gasteiger partial charge in [0.2, 0.25) is 5.91 Å². The summed E-state index contributed by atoms with van der Waals surface area (Å²) in [7, 11) is 0. The van der Waals surface area contributed by atoms with Crippen LogP contribution in [0.3, 0.4) is 0 Å². The minimum Gasteiger partial charge on any atom is -0.481 e. The third kappa shape index (κ3) is 4.52. The molecule has 1 unspecified atom stereocenters. The van der Waals surface area contributed by atoms with Crippen LogP contribution in [-0.2, 0) is 9.59 Å². The number of amides is 1. The Morgan fingerprint density at radius 2 is 2.06 bits per heavy atom. The van der Waals surface area contributed by atoms with Gasteiger partial charge >= 0.3 is 5.97 Å². The standard InChI is InChI=1S/C13H23NO3S/c1-3-10(4-2)7-12(15)14-5-6-18-9-11(14)8-13(16)17/h10-11H,3-9H2,1-2H3,(H,16,17). The fourth-order valence-electron chi connectivity index (χ4n) is 2.30. The number of rotatable bonds is 6. The Morgan fingerprint density at radius 1 is 1.39 bits per heavy atom. The lowest BCUT2D eigenvalue weighted by Crippen LogP contribution is -2.47. The van der Waals surface area contributed by atoms with Gasteiger partial charge in [-0.05, 0) is 5.92 Å². The van der Waals surface area contributed by atoms with Crippen molar-refractivity contribution in [1.29, 1.82) is 0 Å². The highest BCUT2D eigenvalue weighted by Gasteiger charge is 2.29. The van der Waals surface area contributed by atoms with Crippen molar-refractivity contribution in [3.63, 3.8) is 0 Å². The van der Waals surface area contributed by atoms with Crippen LogP contribution in [0.25, 0.3) is 0 Å². The van der Waals surface area contributed by atoms with E-state index in [0.29, 0.717) is 18.9 Å². The molecule has 0 radical (unpaired) electrons. The van der Waals surface area contributed by atoms with Crippen molar-refractivity contribution < 1.29 is 14.7 Å². The van der Waals surface area contributed by atoms with E-state index in [1.165, 1.54) is 0 Å². The van der Waals surface area contributed by atoms with Crippen molar-refractivity contribution >= 4 is 23.6 Å². The van der Waals surface area contributed by atoms with E-state index in [4.69, 9.17) is 5.11 Å². The maximum Gasteiger partial charge on any atom is 0.305 e. The summed E-state index contributed by atoms with van der Waals surface area (Å²) in [5, 5.41) is 8.89. The molecule has 1 fully saturated rings. The topological polar surface area (TPSA) is 57.6 Å². The van der Waals surface area contributed by atoms with Crippen LogP contribution in [0.1, 0.15) is 39.5 Å². The van der Waals surface area contributed by atoms with Crippen LogP contribution in [0.15, 0.2) is 0 Å². The van der Waals surface area contributed by atoms with Gasteiger partial charge in [-0.15, -0.1) is 0 Å². The molecule has 1 aliphatic heterocycles. The summed E-state index contributed by atoms with van der Waals surface area (Å²) in [6, 6.07) is -0.122. The Labute approximate surface area is 113 Å².